The molecule has 2 aromatic carbocycles. The molecule has 2 rings (SSSR count). The molecule has 3 N–H and O–H groups in total. The molecule has 0 heterocycles. The lowest BCUT2D eigenvalue weighted by atomic mass is 10.1. The van der Waals surface area contributed by atoms with Gasteiger partial charge in [0, 0.05) is 18.3 Å². The van der Waals surface area contributed by atoms with Crippen molar-refractivity contribution in [3.63, 3.8) is 0 Å². The van der Waals surface area contributed by atoms with Crippen LogP contribution in [0.15, 0.2) is 48.5 Å². The molecule has 0 radical (unpaired) electrons. The first-order valence-electron chi connectivity index (χ1n) is 9.90. The van der Waals surface area contributed by atoms with Crippen LogP contribution in [0.4, 0.5) is 30.2 Å². The van der Waals surface area contributed by atoms with Gasteiger partial charge in [0.05, 0.1) is 23.8 Å². The number of hydrogen-bond acceptors (Lipinski definition) is 4. The monoisotopic (exact) mass is 450 g/mol. The smallest absolute Gasteiger partial charge is 0.326 e. The van der Waals surface area contributed by atoms with E-state index in [0.717, 1.165) is 6.07 Å². The van der Waals surface area contributed by atoms with E-state index in [0.29, 0.717) is 17.9 Å². The van der Waals surface area contributed by atoms with Gasteiger partial charge in [0.2, 0.25) is 17.7 Å². The van der Waals surface area contributed by atoms with Gasteiger partial charge in [-0.25, -0.2) is 0 Å². The lowest BCUT2D eigenvalue weighted by Gasteiger charge is -2.26. The maximum absolute atomic E-state index is 13.2. The summed E-state index contributed by atoms with van der Waals surface area (Å²) in [6.45, 7) is 4.82. The number of carbonyl (C=O) groups excluding carboxylic acids is 3. The molecule has 0 unspecified atom stereocenters. The number of para-hydroxylation sites is 1. The van der Waals surface area contributed by atoms with Gasteiger partial charge in [-0.2, -0.15) is 13.2 Å². The maximum atomic E-state index is 13.2. The maximum Gasteiger partial charge on any atom is 0.418 e. The minimum atomic E-state index is -4.60. The molecule has 0 bridgehead atoms. The van der Waals surface area contributed by atoms with Crippen LogP contribution in [0.25, 0.3) is 0 Å². The van der Waals surface area contributed by atoms with Gasteiger partial charge in [-0.05, 0) is 49.9 Å². The number of carbonyl (C=O) groups is 3. The zero-order chi connectivity index (χ0) is 23.9. The molecular weight excluding hydrogens is 425 g/mol. The van der Waals surface area contributed by atoms with Crippen LogP contribution in [0, 0.1) is 0 Å². The van der Waals surface area contributed by atoms with Crippen molar-refractivity contribution in [3.8, 4) is 0 Å². The third-order valence-corrected chi connectivity index (χ3v) is 4.66. The Hall–Kier alpha value is -3.40. The number of amides is 3. The zero-order valence-corrected chi connectivity index (χ0v) is 17.9. The highest BCUT2D eigenvalue weighted by Gasteiger charge is 2.34. The summed E-state index contributed by atoms with van der Waals surface area (Å²) in [5, 5.41) is 7.61. The summed E-state index contributed by atoms with van der Waals surface area (Å²) in [5.74, 6) is -1.27. The number of hydrogen-bond donors (Lipinski definition) is 3. The number of benzene rings is 2. The Morgan fingerprint density at radius 3 is 2.03 bits per heavy atom. The summed E-state index contributed by atoms with van der Waals surface area (Å²) in [6.07, 6.45) is -4.60. The highest BCUT2D eigenvalue weighted by atomic mass is 19.4. The predicted molar refractivity (Wildman–Crippen MR) is 116 cm³/mol. The SMILES string of the molecule is CCN(CC(=O)Nc1ccc(NC(C)=O)cc1)[C@@H](C)C(=O)Nc1ccccc1C(F)(F)F. The molecule has 3 amide bonds. The number of nitrogens with one attached hydrogen (secondary N) is 3. The second-order valence-corrected chi connectivity index (χ2v) is 7.08. The quantitative estimate of drug-likeness (QED) is 0.568. The average Bonchev–Trinajstić information content (AvgIpc) is 2.72. The Morgan fingerprint density at radius 1 is 0.938 bits per heavy atom. The molecule has 0 saturated heterocycles. The largest absolute Gasteiger partial charge is 0.418 e. The number of anilines is 3. The Kier molecular flexibility index (Phi) is 8.36. The van der Waals surface area contributed by atoms with Crippen LogP contribution in [0.1, 0.15) is 26.3 Å². The minimum Gasteiger partial charge on any atom is -0.326 e. The van der Waals surface area contributed by atoms with Crippen molar-refractivity contribution in [1.29, 1.82) is 0 Å². The van der Waals surface area contributed by atoms with Crippen LogP contribution >= 0.6 is 0 Å². The lowest BCUT2D eigenvalue weighted by Crippen LogP contribution is -2.45. The lowest BCUT2D eigenvalue weighted by molar-refractivity contribution is -0.137. The highest BCUT2D eigenvalue weighted by molar-refractivity contribution is 5.97. The van der Waals surface area contributed by atoms with E-state index >= 15 is 0 Å². The minimum absolute atomic E-state index is 0.139. The molecule has 1 atom stereocenters. The van der Waals surface area contributed by atoms with E-state index < -0.39 is 29.6 Å². The molecule has 7 nitrogen and oxygen atoms in total. The first-order valence-corrected chi connectivity index (χ1v) is 9.90. The van der Waals surface area contributed by atoms with Crippen molar-refractivity contribution in [2.24, 2.45) is 0 Å². The number of nitrogens with zero attached hydrogens (tertiary/aromatic N) is 1. The van der Waals surface area contributed by atoms with E-state index in [2.05, 4.69) is 16.0 Å². The summed E-state index contributed by atoms with van der Waals surface area (Å²) in [4.78, 5) is 37.6. The van der Waals surface area contributed by atoms with Gasteiger partial charge >= 0.3 is 6.18 Å². The molecule has 0 aliphatic heterocycles. The van der Waals surface area contributed by atoms with E-state index in [9.17, 15) is 27.6 Å². The van der Waals surface area contributed by atoms with Gasteiger partial charge in [0.25, 0.3) is 0 Å². The van der Waals surface area contributed by atoms with E-state index in [1.54, 1.807) is 31.2 Å². The summed E-state index contributed by atoms with van der Waals surface area (Å²) >= 11 is 0. The van der Waals surface area contributed by atoms with E-state index in [-0.39, 0.29) is 18.1 Å². The van der Waals surface area contributed by atoms with Crippen molar-refractivity contribution < 1.29 is 27.6 Å². The first kappa shape index (κ1) is 24.9. The number of halogens is 3. The average molecular weight is 450 g/mol. The van der Waals surface area contributed by atoms with E-state index in [1.807, 2.05) is 0 Å². The molecule has 0 aromatic heterocycles. The summed E-state index contributed by atoms with van der Waals surface area (Å²) < 4.78 is 39.5. The van der Waals surface area contributed by atoms with Gasteiger partial charge in [0.1, 0.15) is 0 Å². The molecule has 2 aromatic rings. The summed E-state index contributed by atoms with van der Waals surface area (Å²) in [7, 11) is 0. The highest BCUT2D eigenvalue weighted by Crippen LogP contribution is 2.34. The van der Waals surface area contributed by atoms with Gasteiger partial charge in [-0.15, -0.1) is 0 Å². The molecule has 0 spiro atoms. The van der Waals surface area contributed by atoms with Crippen molar-refractivity contribution in [2.45, 2.75) is 33.0 Å². The fourth-order valence-electron chi connectivity index (χ4n) is 2.99. The normalized spacial score (nSPS) is 12.2. The first-order chi connectivity index (χ1) is 15.0. The standard InChI is InChI=1S/C22H25F3N4O3/c1-4-29(13-20(31)27-17-11-9-16(10-12-17)26-15(3)30)14(2)21(32)28-19-8-6-5-7-18(19)22(23,24)25/h5-12,14H,4,13H2,1-3H3,(H,26,30)(H,27,31)(H,28,32)/t14-/m0/s1. The summed E-state index contributed by atoms with van der Waals surface area (Å²) in [5.41, 5.74) is -0.202. The molecule has 172 valence electrons. The number of likely N-dealkylation sites (N-methyl/N-ethyl adjacent to an activating group) is 1. The molecule has 0 fully saturated rings. The summed E-state index contributed by atoms with van der Waals surface area (Å²) in [6, 6.07) is 10.3. The Bertz CT molecular complexity index is 962. The Morgan fingerprint density at radius 2 is 1.50 bits per heavy atom. The van der Waals surface area contributed by atoms with Crippen LogP contribution in [0.2, 0.25) is 0 Å². The van der Waals surface area contributed by atoms with Crippen molar-refractivity contribution in [2.75, 3.05) is 29.0 Å². The second-order valence-electron chi connectivity index (χ2n) is 7.08. The van der Waals surface area contributed by atoms with Crippen molar-refractivity contribution in [1.82, 2.24) is 4.90 Å². The Labute approximate surface area is 184 Å². The molecule has 0 saturated carbocycles. The van der Waals surface area contributed by atoms with E-state index in [1.165, 1.54) is 36.9 Å². The van der Waals surface area contributed by atoms with Crippen LogP contribution in [-0.4, -0.2) is 41.8 Å². The van der Waals surface area contributed by atoms with Gasteiger partial charge < -0.3 is 16.0 Å². The number of alkyl halides is 3. The van der Waals surface area contributed by atoms with Crippen LogP contribution in [0.5, 0.6) is 0 Å². The number of rotatable bonds is 8. The van der Waals surface area contributed by atoms with Crippen molar-refractivity contribution in [3.05, 3.63) is 54.1 Å². The zero-order valence-electron chi connectivity index (χ0n) is 17.9. The molecule has 32 heavy (non-hydrogen) atoms. The Balaban J connectivity index is 2.00. The predicted octanol–water partition coefficient (Wildman–Crippen LogP) is 3.95. The fraction of sp³-hybridized carbons (Fsp3) is 0.318. The van der Waals surface area contributed by atoms with Gasteiger partial charge in [0.15, 0.2) is 0 Å². The molecular formula is C22H25F3N4O3. The third kappa shape index (κ3) is 7.09. The topological polar surface area (TPSA) is 90.5 Å². The van der Waals surface area contributed by atoms with Gasteiger partial charge in [-0.3, -0.25) is 19.3 Å². The van der Waals surface area contributed by atoms with Crippen molar-refractivity contribution >= 4 is 34.8 Å². The molecule has 0 aliphatic carbocycles. The van der Waals surface area contributed by atoms with Crippen LogP contribution < -0.4 is 16.0 Å². The van der Waals surface area contributed by atoms with E-state index in [4.69, 9.17) is 0 Å². The second kappa shape index (κ2) is 10.8. The van der Waals surface area contributed by atoms with Crippen LogP contribution in [0.3, 0.4) is 0 Å². The molecule has 10 heteroatoms. The third-order valence-electron chi connectivity index (χ3n) is 4.66. The van der Waals surface area contributed by atoms with Gasteiger partial charge in [-0.1, -0.05) is 19.1 Å². The molecule has 0 aliphatic rings. The van der Waals surface area contributed by atoms with Crippen LogP contribution in [-0.2, 0) is 20.6 Å². The fourth-order valence-corrected chi connectivity index (χ4v) is 2.99.